The first-order valence-electron chi connectivity index (χ1n) is 17.6. The summed E-state index contributed by atoms with van der Waals surface area (Å²) in [4.78, 5) is 43.4. The van der Waals surface area contributed by atoms with E-state index in [4.69, 9.17) is 18.9 Å². The lowest BCUT2D eigenvalue weighted by Gasteiger charge is -2.34. The fourth-order valence-corrected chi connectivity index (χ4v) is 6.42. The number of ether oxygens (including phenoxy) is 4. The van der Waals surface area contributed by atoms with E-state index in [2.05, 4.69) is 21.0 Å². The number of rotatable bonds is 13. The molecule has 0 aliphatic carbocycles. The van der Waals surface area contributed by atoms with E-state index >= 15 is 4.39 Å². The van der Waals surface area contributed by atoms with Gasteiger partial charge in [0.1, 0.15) is 18.0 Å². The van der Waals surface area contributed by atoms with Crippen LogP contribution in [0, 0.1) is 17.2 Å². The molecular weight excluding hydrogens is 730 g/mol. The van der Waals surface area contributed by atoms with Crippen molar-refractivity contribution in [3.05, 3.63) is 89.5 Å². The summed E-state index contributed by atoms with van der Waals surface area (Å²) in [5, 5.41) is 18.2. The highest BCUT2D eigenvalue weighted by Gasteiger charge is 2.44. The molecule has 2 aliphatic rings. The molecule has 3 amide bonds. The zero-order chi connectivity index (χ0) is 39.9. The number of carbonyl (C=O) groups is 3. The first-order chi connectivity index (χ1) is 26.0. The maximum absolute atomic E-state index is 15.1. The first-order valence-corrected chi connectivity index (χ1v) is 17.6. The second-order valence-corrected chi connectivity index (χ2v) is 14.5. The molecule has 6 atom stereocenters. The number of alkyl carbamates (subject to hydrolysis) is 1. The number of carbonyl (C=O) groups excluding carboxylic acids is 3. The van der Waals surface area contributed by atoms with E-state index < -0.39 is 84.7 Å². The second-order valence-electron chi connectivity index (χ2n) is 14.5. The Hall–Kier alpha value is -4.84. The third-order valence-corrected chi connectivity index (χ3v) is 9.41. The van der Waals surface area contributed by atoms with E-state index in [9.17, 15) is 32.7 Å². The van der Waals surface area contributed by atoms with Crippen LogP contribution in [0.15, 0.2) is 67.0 Å². The number of aliphatic hydroxyl groups is 1. The number of hydrogen-bond acceptors (Lipinski definition) is 10. The van der Waals surface area contributed by atoms with Crippen molar-refractivity contribution in [1.29, 1.82) is 0 Å². The lowest BCUT2D eigenvalue weighted by molar-refractivity contribution is -0.137. The van der Waals surface area contributed by atoms with Crippen molar-refractivity contribution in [3.63, 3.8) is 0 Å². The van der Waals surface area contributed by atoms with Crippen molar-refractivity contribution >= 4 is 18.1 Å². The monoisotopic (exact) mass is 775 g/mol. The average Bonchev–Trinajstić information content (AvgIpc) is 3.76. The van der Waals surface area contributed by atoms with Crippen LogP contribution in [0.5, 0.6) is 0 Å². The Labute approximate surface area is 315 Å². The molecule has 298 valence electrons. The highest BCUT2D eigenvalue weighted by Crippen LogP contribution is 2.33. The van der Waals surface area contributed by atoms with Crippen molar-refractivity contribution in [3.8, 4) is 11.1 Å². The molecule has 17 heteroatoms. The van der Waals surface area contributed by atoms with Crippen molar-refractivity contribution in [2.45, 2.75) is 76.9 Å². The van der Waals surface area contributed by atoms with Gasteiger partial charge in [-0.25, -0.2) is 19.0 Å². The first kappa shape index (κ1) is 41.3. The molecule has 5 rings (SSSR count). The van der Waals surface area contributed by atoms with Crippen molar-refractivity contribution in [2.24, 2.45) is 11.3 Å². The smallest absolute Gasteiger partial charge is 0.422 e. The van der Waals surface area contributed by atoms with Crippen LogP contribution in [-0.2, 0) is 42.9 Å². The predicted molar refractivity (Wildman–Crippen MR) is 189 cm³/mol. The molecule has 0 radical (unpaired) electrons. The zero-order valence-corrected chi connectivity index (χ0v) is 30.8. The standard InChI is InChI=1S/C38H45F4N5O8/c1-37(2,3)32(45-35(50)52-4)33(49)44-29(16-22-7-9-23(10-8-22)24-6-5-14-43-18-24)30(48)20-47(19-25-11-12-26(17-28(25)39)38(40,41)42)46-36(51)55-31-21-54-34-27(31)13-15-53-34/h5-12,14,17-18,27,29-32,34,48H,13,15-16,19-21H2,1-4H3,(H,44,49)(H,45,50)(H,46,51). The molecule has 13 nitrogen and oxygen atoms in total. The summed E-state index contributed by atoms with van der Waals surface area (Å²) in [6.07, 6.45) is -5.33. The Morgan fingerprint density at radius 3 is 2.40 bits per heavy atom. The van der Waals surface area contributed by atoms with Gasteiger partial charge in [0.05, 0.1) is 44.0 Å². The Morgan fingerprint density at radius 2 is 1.76 bits per heavy atom. The Morgan fingerprint density at radius 1 is 1.02 bits per heavy atom. The maximum Gasteiger partial charge on any atom is 0.422 e. The zero-order valence-electron chi connectivity index (χ0n) is 30.8. The fourth-order valence-electron chi connectivity index (χ4n) is 6.42. The molecule has 1 aromatic heterocycles. The van der Waals surface area contributed by atoms with Crippen molar-refractivity contribution < 1.29 is 56.0 Å². The summed E-state index contributed by atoms with van der Waals surface area (Å²) in [6, 6.07) is 10.8. The lowest BCUT2D eigenvalue weighted by Crippen LogP contribution is -2.59. The number of halogens is 4. The Kier molecular flexibility index (Phi) is 13.3. The Balaban J connectivity index is 1.41. The number of amides is 3. The number of fused-ring (bicyclic) bond motifs is 1. The normalized spacial score (nSPS) is 19.9. The minimum atomic E-state index is -4.79. The van der Waals surface area contributed by atoms with Crippen LogP contribution in [0.4, 0.5) is 27.2 Å². The summed E-state index contributed by atoms with van der Waals surface area (Å²) >= 11 is 0. The lowest BCUT2D eigenvalue weighted by atomic mass is 9.85. The molecule has 6 unspecified atom stereocenters. The molecule has 2 aromatic carbocycles. The molecule has 2 fully saturated rings. The van der Waals surface area contributed by atoms with Crippen LogP contribution in [0.3, 0.4) is 0 Å². The van der Waals surface area contributed by atoms with Gasteiger partial charge in [0, 0.05) is 31.0 Å². The highest BCUT2D eigenvalue weighted by atomic mass is 19.4. The van der Waals surface area contributed by atoms with Gasteiger partial charge in [-0.1, -0.05) is 57.2 Å². The van der Waals surface area contributed by atoms with Gasteiger partial charge in [-0.05, 0) is 53.1 Å². The van der Waals surface area contributed by atoms with E-state index in [-0.39, 0.29) is 24.5 Å². The van der Waals surface area contributed by atoms with Crippen molar-refractivity contribution in [1.82, 2.24) is 26.1 Å². The van der Waals surface area contributed by atoms with Crippen LogP contribution >= 0.6 is 0 Å². The molecule has 2 saturated heterocycles. The molecule has 3 heterocycles. The Bertz CT molecular complexity index is 1780. The van der Waals surface area contributed by atoms with Gasteiger partial charge in [0.25, 0.3) is 0 Å². The molecule has 3 aromatic rings. The van der Waals surface area contributed by atoms with Gasteiger partial charge in [-0.15, -0.1) is 0 Å². The highest BCUT2D eigenvalue weighted by molar-refractivity contribution is 5.86. The molecule has 2 aliphatic heterocycles. The molecule has 4 N–H and O–H groups in total. The predicted octanol–water partition coefficient (Wildman–Crippen LogP) is 4.97. The fraction of sp³-hybridized carbons (Fsp3) is 0.474. The summed E-state index contributed by atoms with van der Waals surface area (Å²) < 4.78 is 76.5. The van der Waals surface area contributed by atoms with Gasteiger partial charge in [-0.3, -0.25) is 15.2 Å². The van der Waals surface area contributed by atoms with Crippen molar-refractivity contribution in [2.75, 3.05) is 26.9 Å². The molecule has 55 heavy (non-hydrogen) atoms. The maximum atomic E-state index is 15.1. The van der Waals surface area contributed by atoms with Gasteiger partial charge in [-0.2, -0.15) is 13.2 Å². The number of methoxy groups -OCH3 is 1. The molecule has 0 saturated carbocycles. The topological polar surface area (TPSA) is 161 Å². The number of alkyl halides is 3. The number of aromatic nitrogens is 1. The largest absolute Gasteiger partial charge is 0.453 e. The van der Waals surface area contributed by atoms with E-state index in [0.717, 1.165) is 29.3 Å². The van der Waals surface area contributed by atoms with Gasteiger partial charge < -0.3 is 34.7 Å². The number of benzene rings is 2. The number of nitrogens with zero attached hydrogens (tertiary/aromatic N) is 2. The summed E-state index contributed by atoms with van der Waals surface area (Å²) in [6.45, 7) is 4.70. The summed E-state index contributed by atoms with van der Waals surface area (Å²) in [7, 11) is 1.15. The van der Waals surface area contributed by atoms with Gasteiger partial charge in [0.2, 0.25) is 5.91 Å². The van der Waals surface area contributed by atoms with Crippen LogP contribution in [0.1, 0.15) is 43.9 Å². The number of aliphatic hydroxyl groups excluding tert-OH is 1. The van der Waals surface area contributed by atoms with Crippen LogP contribution < -0.4 is 16.1 Å². The number of pyridine rings is 1. The second kappa shape index (κ2) is 17.7. The third-order valence-electron chi connectivity index (χ3n) is 9.41. The summed E-state index contributed by atoms with van der Waals surface area (Å²) in [5.41, 5.74) is 2.66. The number of nitrogens with one attached hydrogen (secondary N) is 3. The van der Waals surface area contributed by atoms with Crippen LogP contribution in [-0.4, -0.2) is 90.6 Å². The number of hydrogen-bond donors (Lipinski definition) is 4. The summed E-state index contributed by atoms with van der Waals surface area (Å²) in [5.74, 6) is -2.06. The quantitative estimate of drug-likeness (QED) is 0.138. The SMILES string of the molecule is COC(=O)NC(C(=O)NC(Cc1ccc(-c2cccnc2)cc1)C(O)CN(Cc1ccc(C(F)(F)F)cc1F)NC(=O)OC1COC2OCCC12)C(C)(C)C. The number of hydrazine groups is 1. The minimum absolute atomic E-state index is 0.0464. The molecule has 0 bridgehead atoms. The van der Waals surface area contributed by atoms with Crippen LogP contribution in [0.25, 0.3) is 11.1 Å². The van der Waals surface area contributed by atoms with Crippen LogP contribution in [0.2, 0.25) is 0 Å². The molecule has 0 spiro atoms. The van der Waals surface area contributed by atoms with E-state index in [1.54, 1.807) is 51.4 Å². The van der Waals surface area contributed by atoms with E-state index in [0.29, 0.717) is 30.7 Å². The molecular formula is C38H45F4N5O8. The van der Waals surface area contributed by atoms with E-state index in [1.165, 1.54) is 0 Å². The van der Waals surface area contributed by atoms with Gasteiger partial charge in [0.15, 0.2) is 6.29 Å². The third kappa shape index (κ3) is 11.1. The van der Waals surface area contributed by atoms with E-state index in [1.807, 2.05) is 18.2 Å². The average molecular weight is 776 g/mol. The minimum Gasteiger partial charge on any atom is -0.453 e. The van der Waals surface area contributed by atoms with Gasteiger partial charge >= 0.3 is 18.4 Å².